The van der Waals surface area contributed by atoms with Crippen molar-refractivity contribution in [2.45, 2.75) is 13.0 Å². The Morgan fingerprint density at radius 1 is 1.47 bits per heavy atom. The summed E-state index contributed by atoms with van der Waals surface area (Å²) in [6.45, 7) is 1.61. The van der Waals surface area contributed by atoms with E-state index in [1.807, 2.05) is 6.92 Å². The second kappa shape index (κ2) is 5.76. The molecular weight excluding hydrogens is 244 g/mol. The summed E-state index contributed by atoms with van der Waals surface area (Å²) in [5.41, 5.74) is 6.62. The molecule has 0 radical (unpaired) electrons. The predicted molar refractivity (Wildman–Crippen MR) is 64.9 cm³/mol. The maximum Gasteiger partial charge on any atom is 0.328 e. The summed E-state index contributed by atoms with van der Waals surface area (Å²) in [7, 11) is 0. The lowest BCUT2D eigenvalue weighted by molar-refractivity contribution is -0.138. The van der Waals surface area contributed by atoms with Gasteiger partial charge in [0.15, 0.2) is 6.04 Å². The number of nitrogens with two attached hydrogens (primary N) is 1. The largest absolute Gasteiger partial charge is 0.480 e. The van der Waals surface area contributed by atoms with Crippen molar-refractivity contribution in [2.75, 3.05) is 10.8 Å². The summed E-state index contributed by atoms with van der Waals surface area (Å²) in [6.07, 6.45) is 0. The van der Waals surface area contributed by atoms with Gasteiger partial charge in [-0.1, -0.05) is 17.7 Å². The normalized spacial score (nSPS) is 14.1. The van der Waals surface area contributed by atoms with E-state index in [1.165, 1.54) is 0 Å². The van der Waals surface area contributed by atoms with E-state index in [2.05, 4.69) is 0 Å². The fourth-order valence-electron chi connectivity index (χ4n) is 1.37. The second-order valence-corrected chi connectivity index (χ2v) is 4.34. The Labute approximate surface area is 101 Å². The number of aliphatic carboxylic acids is 1. The quantitative estimate of drug-likeness (QED) is 0.661. The second-order valence-electron chi connectivity index (χ2n) is 3.48. The van der Waals surface area contributed by atoms with E-state index >= 15 is 0 Å². The van der Waals surface area contributed by atoms with Crippen molar-refractivity contribution in [3.63, 3.8) is 0 Å². The average molecular weight is 258 g/mol. The SMILES string of the molecule is Cc1ccc(N(C(CN)C(=O)O)S(=O)O)cc1. The lowest BCUT2D eigenvalue weighted by Crippen LogP contribution is -2.47. The van der Waals surface area contributed by atoms with E-state index in [0.29, 0.717) is 5.69 Å². The van der Waals surface area contributed by atoms with Gasteiger partial charge in [0.1, 0.15) is 0 Å². The third-order valence-corrected chi connectivity index (χ3v) is 3.05. The van der Waals surface area contributed by atoms with Crippen LogP contribution in [0.2, 0.25) is 0 Å². The fraction of sp³-hybridized carbons (Fsp3) is 0.300. The van der Waals surface area contributed by atoms with Crippen LogP contribution in [-0.4, -0.2) is 32.4 Å². The van der Waals surface area contributed by atoms with Gasteiger partial charge in [-0.05, 0) is 19.1 Å². The number of carboxylic acid groups (broad SMARTS) is 1. The first-order valence-electron chi connectivity index (χ1n) is 4.87. The van der Waals surface area contributed by atoms with E-state index in [1.54, 1.807) is 24.3 Å². The molecule has 94 valence electrons. The van der Waals surface area contributed by atoms with Crippen molar-refractivity contribution in [3.8, 4) is 0 Å². The summed E-state index contributed by atoms with van der Waals surface area (Å²) in [4.78, 5) is 10.9. The van der Waals surface area contributed by atoms with Gasteiger partial charge in [-0.3, -0.25) is 8.86 Å². The van der Waals surface area contributed by atoms with Gasteiger partial charge in [0, 0.05) is 6.54 Å². The smallest absolute Gasteiger partial charge is 0.328 e. The Kier molecular flexibility index (Phi) is 4.62. The molecule has 0 bridgehead atoms. The molecule has 0 aromatic heterocycles. The van der Waals surface area contributed by atoms with E-state index in [-0.39, 0.29) is 6.54 Å². The van der Waals surface area contributed by atoms with Crippen LogP contribution in [0.15, 0.2) is 24.3 Å². The third kappa shape index (κ3) is 3.26. The lowest BCUT2D eigenvalue weighted by Gasteiger charge is -2.25. The number of anilines is 1. The van der Waals surface area contributed by atoms with Gasteiger partial charge in [0.2, 0.25) is 0 Å². The molecule has 0 saturated carbocycles. The number of hydrogen-bond acceptors (Lipinski definition) is 3. The van der Waals surface area contributed by atoms with Crippen LogP contribution in [0.1, 0.15) is 5.56 Å². The van der Waals surface area contributed by atoms with Crippen molar-refractivity contribution in [3.05, 3.63) is 29.8 Å². The van der Waals surface area contributed by atoms with Gasteiger partial charge < -0.3 is 10.8 Å². The number of hydrogen-bond donors (Lipinski definition) is 3. The third-order valence-electron chi connectivity index (χ3n) is 2.25. The van der Waals surface area contributed by atoms with E-state index in [0.717, 1.165) is 9.87 Å². The molecule has 2 unspecified atom stereocenters. The maximum atomic E-state index is 11.2. The van der Waals surface area contributed by atoms with Gasteiger partial charge in [-0.15, -0.1) is 0 Å². The molecule has 0 amide bonds. The van der Waals surface area contributed by atoms with Crippen molar-refractivity contribution in [1.82, 2.24) is 0 Å². The first-order valence-corrected chi connectivity index (χ1v) is 5.93. The highest BCUT2D eigenvalue weighted by Gasteiger charge is 2.28. The van der Waals surface area contributed by atoms with Crippen molar-refractivity contribution >= 4 is 22.9 Å². The molecule has 2 atom stereocenters. The van der Waals surface area contributed by atoms with E-state index < -0.39 is 23.3 Å². The topological polar surface area (TPSA) is 104 Å². The Bertz CT molecular complexity index is 421. The molecule has 0 aliphatic rings. The van der Waals surface area contributed by atoms with Crippen LogP contribution >= 0.6 is 0 Å². The minimum Gasteiger partial charge on any atom is -0.480 e. The molecule has 1 aromatic rings. The zero-order chi connectivity index (χ0) is 13.0. The van der Waals surface area contributed by atoms with Gasteiger partial charge in [-0.2, -0.15) is 0 Å². The molecule has 0 aliphatic carbocycles. The summed E-state index contributed by atoms with van der Waals surface area (Å²) in [5.74, 6) is -1.24. The van der Waals surface area contributed by atoms with Crippen molar-refractivity contribution in [1.29, 1.82) is 0 Å². The van der Waals surface area contributed by atoms with Crippen LogP contribution in [0.3, 0.4) is 0 Å². The molecule has 7 heteroatoms. The highest BCUT2D eigenvalue weighted by atomic mass is 32.2. The molecule has 0 fully saturated rings. The number of carbonyl (C=O) groups is 1. The molecule has 0 heterocycles. The lowest BCUT2D eigenvalue weighted by atomic mass is 10.2. The standard InChI is InChI=1S/C10H14N2O4S/c1-7-2-4-8(5-3-7)12(17(15)16)9(6-11)10(13)14/h2-5,9H,6,11H2,1H3,(H,13,14)(H,15,16). The Morgan fingerprint density at radius 2 is 2.00 bits per heavy atom. The van der Waals surface area contributed by atoms with Gasteiger partial charge in [0.25, 0.3) is 11.3 Å². The molecule has 0 spiro atoms. The molecule has 1 aromatic carbocycles. The number of rotatable bonds is 5. The van der Waals surface area contributed by atoms with Gasteiger partial charge in [-0.25, -0.2) is 9.00 Å². The highest BCUT2D eigenvalue weighted by Crippen LogP contribution is 2.19. The monoisotopic (exact) mass is 258 g/mol. The average Bonchev–Trinajstić information content (AvgIpc) is 2.26. The maximum absolute atomic E-state index is 11.2. The number of benzene rings is 1. The van der Waals surface area contributed by atoms with E-state index in [4.69, 9.17) is 15.4 Å². The molecule has 4 N–H and O–H groups in total. The highest BCUT2D eigenvalue weighted by molar-refractivity contribution is 7.80. The van der Waals surface area contributed by atoms with Crippen LogP contribution in [0.4, 0.5) is 5.69 Å². The Balaban J connectivity index is 3.12. The summed E-state index contributed by atoms with van der Waals surface area (Å²) < 4.78 is 21.2. The minimum absolute atomic E-state index is 0.254. The first kappa shape index (κ1) is 13.6. The van der Waals surface area contributed by atoms with Crippen LogP contribution in [-0.2, 0) is 16.1 Å². The number of aryl methyl sites for hydroxylation is 1. The minimum atomic E-state index is -2.44. The molecule has 0 aliphatic heterocycles. The molecule has 1 rings (SSSR count). The summed E-state index contributed by atoms with van der Waals surface area (Å²) in [6, 6.07) is 5.38. The van der Waals surface area contributed by atoms with Crippen LogP contribution < -0.4 is 10.0 Å². The molecule has 17 heavy (non-hydrogen) atoms. The van der Waals surface area contributed by atoms with Crippen LogP contribution in [0.25, 0.3) is 0 Å². The summed E-state index contributed by atoms with van der Waals surface area (Å²) in [5, 5.41) is 8.94. The Hall–Kier alpha value is -1.44. The van der Waals surface area contributed by atoms with Gasteiger partial charge in [0.05, 0.1) is 5.69 Å². The van der Waals surface area contributed by atoms with Crippen LogP contribution in [0, 0.1) is 6.92 Å². The molecule has 0 saturated heterocycles. The van der Waals surface area contributed by atoms with Crippen molar-refractivity contribution < 1.29 is 18.7 Å². The number of nitrogens with zero attached hydrogens (tertiary/aromatic N) is 1. The van der Waals surface area contributed by atoms with Crippen molar-refractivity contribution in [2.24, 2.45) is 5.73 Å². The van der Waals surface area contributed by atoms with E-state index in [9.17, 15) is 9.00 Å². The Morgan fingerprint density at radius 3 is 2.35 bits per heavy atom. The zero-order valence-electron chi connectivity index (χ0n) is 9.24. The zero-order valence-corrected chi connectivity index (χ0v) is 10.1. The summed E-state index contributed by atoms with van der Waals surface area (Å²) >= 11 is -2.44. The van der Waals surface area contributed by atoms with Gasteiger partial charge >= 0.3 is 5.97 Å². The predicted octanol–water partition coefficient (Wildman–Crippen LogP) is 0.350. The fourth-order valence-corrected chi connectivity index (χ4v) is 2.06. The molecular formula is C10H14N2O4S. The number of carboxylic acids is 1. The first-order chi connectivity index (χ1) is 7.97. The molecule has 6 nitrogen and oxygen atoms in total. The van der Waals surface area contributed by atoms with Crippen LogP contribution in [0.5, 0.6) is 0 Å².